The molecule has 1 fully saturated rings. The molecule has 0 aliphatic carbocycles. The predicted octanol–water partition coefficient (Wildman–Crippen LogP) is 3.32. The number of carbonyl (C=O) groups is 2. The monoisotopic (exact) mass is 436 g/mol. The molecule has 0 saturated carbocycles. The second kappa shape index (κ2) is 9.43. The van der Waals surface area contributed by atoms with Gasteiger partial charge in [-0.25, -0.2) is 4.79 Å². The first-order valence-electron chi connectivity index (χ1n) is 10.1. The summed E-state index contributed by atoms with van der Waals surface area (Å²) in [5.74, 6) is -0.371. The van der Waals surface area contributed by atoms with Crippen LogP contribution in [0.2, 0.25) is 0 Å². The predicted molar refractivity (Wildman–Crippen MR) is 118 cm³/mol. The Kier molecular flexibility index (Phi) is 6.46. The average Bonchev–Trinajstić information content (AvgIpc) is 3.38. The number of carbonyl (C=O) groups excluding carboxylic acids is 2. The molecule has 1 aromatic heterocycles. The van der Waals surface area contributed by atoms with Crippen LogP contribution in [0.3, 0.4) is 0 Å². The number of aliphatic hydroxyl groups is 1. The number of thiophene rings is 1. The zero-order valence-electron chi connectivity index (χ0n) is 16.9. The van der Waals surface area contributed by atoms with Gasteiger partial charge in [-0.1, -0.05) is 66.7 Å². The van der Waals surface area contributed by atoms with Gasteiger partial charge in [-0.05, 0) is 22.6 Å². The molecule has 0 radical (unpaired) electrons. The zero-order valence-corrected chi connectivity index (χ0v) is 17.8. The Bertz CT molecular complexity index is 1010. The van der Waals surface area contributed by atoms with Crippen molar-refractivity contribution in [3.63, 3.8) is 0 Å². The van der Waals surface area contributed by atoms with Crippen molar-refractivity contribution < 1.29 is 19.4 Å². The maximum atomic E-state index is 13.5. The lowest BCUT2D eigenvalue weighted by molar-refractivity contribution is -0.133. The third kappa shape index (κ3) is 4.69. The molecule has 1 aliphatic rings. The number of ether oxygens (including phenoxy) is 1. The number of benzene rings is 2. The molecule has 1 saturated heterocycles. The molecule has 6 nitrogen and oxygen atoms in total. The number of aliphatic hydroxyl groups excluding tert-OH is 1. The lowest BCUT2D eigenvalue weighted by Gasteiger charge is -2.28. The van der Waals surface area contributed by atoms with Gasteiger partial charge < -0.3 is 15.2 Å². The average molecular weight is 437 g/mol. The van der Waals surface area contributed by atoms with E-state index < -0.39 is 17.7 Å². The van der Waals surface area contributed by atoms with Crippen molar-refractivity contribution in [3.8, 4) is 0 Å². The number of rotatable bonds is 9. The van der Waals surface area contributed by atoms with E-state index in [-0.39, 0.29) is 19.1 Å². The Morgan fingerprint density at radius 1 is 1.00 bits per heavy atom. The molecule has 2 atom stereocenters. The van der Waals surface area contributed by atoms with Crippen LogP contribution < -0.4 is 5.32 Å². The lowest BCUT2D eigenvalue weighted by atomic mass is 9.83. The molecule has 0 unspecified atom stereocenters. The maximum Gasteiger partial charge on any atom is 0.325 e. The van der Waals surface area contributed by atoms with Gasteiger partial charge in [0.2, 0.25) is 0 Å². The summed E-state index contributed by atoms with van der Waals surface area (Å²) in [4.78, 5) is 28.5. The molecule has 1 aliphatic heterocycles. The quantitative estimate of drug-likeness (QED) is 0.505. The fourth-order valence-corrected chi connectivity index (χ4v) is 4.43. The van der Waals surface area contributed by atoms with Gasteiger partial charge in [-0.2, -0.15) is 0 Å². The van der Waals surface area contributed by atoms with Gasteiger partial charge in [-0.3, -0.25) is 9.69 Å². The van der Waals surface area contributed by atoms with E-state index in [4.69, 9.17) is 4.74 Å². The van der Waals surface area contributed by atoms with E-state index in [1.807, 2.05) is 78.2 Å². The highest BCUT2D eigenvalue weighted by molar-refractivity contribution is 7.09. The Morgan fingerprint density at radius 3 is 2.39 bits per heavy atom. The van der Waals surface area contributed by atoms with E-state index in [0.29, 0.717) is 18.6 Å². The van der Waals surface area contributed by atoms with Gasteiger partial charge in [0.1, 0.15) is 0 Å². The molecule has 7 heteroatoms. The van der Waals surface area contributed by atoms with Crippen molar-refractivity contribution in [2.24, 2.45) is 0 Å². The summed E-state index contributed by atoms with van der Waals surface area (Å²) >= 11 is 1.57. The van der Waals surface area contributed by atoms with E-state index in [2.05, 4.69) is 5.32 Å². The smallest absolute Gasteiger partial charge is 0.325 e. The molecule has 160 valence electrons. The summed E-state index contributed by atoms with van der Waals surface area (Å²) in [5.41, 5.74) is 0.432. The van der Waals surface area contributed by atoms with Gasteiger partial charge in [0.25, 0.3) is 5.91 Å². The summed E-state index contributed by atoms with van der Waals surface area (Å²) < 4.78 is 5.54. The van der Waals surface area contributed by atoms with Crippen molar-refractivity contribution in [2.75, 3.05) is 13.2 Å². The van der Waals surface area contributed by atoms with Crippen LogP contribution in [0.1, 0.15) is 16.0 Å². The Labute approximate surface area is 185 Å². The molecule has 0 bridgehead atoms. The van der Waals surface area contributed by atoms with Crippen LogP contribution in [0.4, 0.5) is 4.79 Å². The van der Waals surface area contributed by atoms with Gasteiger partial charge in [0.15, 0.2) is 5.54 Å². The van der Waals surface area contributed by atoms with Gasteiger partial charge >= 0.3 is 6.03 Å². The highest BCUT2D eigenvalue weighted by Gasteiger charge is 2.52. The van der Waals surface area contributed by atoms with Crippen LogP contribution in [-0.4, -0.2) is 41.2 Å². The largest absolute Gasteiger partial charge is 0.389 e. The fraction of sp³-hybridized carbons (Fsp3) is 0.250. The van der Waals surface area contributed by atoms with E-state index in [9.17, 15) is 14.7 Å². The second-order valence-electron chi connectivity index (χ2n) is 7.53. The minimum Gasteiger partial charge on any atom is -0.389 e. The van der Waals surface area contributed by atoms with Crippen LogP contribution in [0.5, 0.6) is 0 Å². The van der Waals surface area contributed by atoms with Crippen molar-refractivity contribution in [1.82, 2.24) is 10.2 Å². The zero-order chi connectivity index (χ0) is 21.7. The summed E-state index contributed by atoms with van der Waals surface area (Å²) in [7, 11) is 0. The van der Waals surface area contributed by atoms with Crippen molar-refractivity contribution in [2.45, 2.75) is 24.7 Å². The second-order valence-corrected chi connectivity index (χ2v) is 8.56. The summed E-state index contributed by atoms with van der Waals surface area (Å²) in [6.45, 7) is 0.293. The standard InChI is InChI=1S/C24H24N2O4S/c27-20(16-30-17-21-12-7-13-31-21)15-26-22(28)24(25-23(26)29,19-10-5-2-6-11-19)14-18-8-3-1-4-9-18/h1-13,20,27H,14-17H2,(H,25,29)/t20-,24-/m1/s1. The molecule has 2 heterocycles. The minimum absolute atomic E-state index is 0.0337. The lowest BCUT2D eigenvalue weighted by Crippen LogP contribution is -2.46. The molecular formula is C24H24N2O4S. The number of nitrogens with zero attached hydrogens (tertiary/aromatic N) is 1. The topological polar surface area (TPSA) is 78.9 Å². The number of hydrogen-bond donors (Lipinski definition) is 2. The van der Waals surface area contributed by atoms with E-state index >= 15 is 0 Å². The first kappa shape index (κ1) is 21.2. The first-order chi connectivity index (χ1) is 15.1. The SMILES string of the molecule is O=C1N[C@](Cc2ccccc2)(c2ccccc2)C(=O)N1C[C@@H](O)COCc1cccs1. The van der Waals surface area contributed by atoms with E-state index in [0.717, 1.165) is 15.3 Å². The molecule has 4 rings (SSSR count). The molecule has 0 spiro atoms. The van der Waals surface area contributed by atoms with E-state index in [1.54, 1.807) is 11.3 Å². The molecule has 2 aromatic carbocycles. The number of hydrogen-bond acceptors (Lipinski definition) is 5. The first-order valence-corrected chi connectivity index (χ1v) is 11.0. The summed E-state index contributed by atoms with van der Waals surface area (Å²) in [6, 6.07) is 22.2. The Balaban J connectivity index is 1.50. The molecule has 3 amide bonds. The van der Waals surface area contributed by atoms with Gasteiger partial charge in [0, 0.05) is 11.3 Å². The molecule has 31 heavy (non-hydrogen) atoms. The van der Waals surface area contributed by atoms with E-state index in [1.165, 1.54) is 0 Å². The maximum absolute atomic E-state index is 13.5. The van der Waals surface area contributed by atoms with Crippen molar-refractivity contribution in [1.29, 1.82) is 0 Å². The minimum atomic E-state index is -1.21. The third-order valence-electron chi connectivity index (χ3n) is 5.28. The van der Waals surface area contributed by atoms with Crippen molar-refractivity contribution >= 4 is 23.3 Å². The number of β-amino-alcohol motifs (C(OH)–C–C–N with tert-alkyl or cyclic N) is 1. The van der Waals surface area contributed by atoms with Crippen LogP contribution in [0.15, 0.2) is 78.2 Å². The number of amides is 3. The number of nitrogens with one attached hydrogen (secondary N) is 1. The fourth-order valence-electron chi connectivity index (χ4n) is 3.79. The van der Waals surface area contributed by atoms with Crippen LogP contribution in [0, 0.1) is 0 Å². The molecular weight excluding hydrogens is 412 g/mol. The Hall–Kier alpha value is -3.00. The Morgan fingerprint density at radius 2 is 1.71 bits per heavy atom. The van der Waals surface area contributed by atoms with Crippen LogP contribution in [0.25, 0.3) is 0 Å². The molecule has 2 N–H and O–H groups in total. The summed E-state index contributed by atoms with van der Waals surface area (Å²) in [6.07, 6.45) is -0.651. The van der Waals surface area contributed by atoms with Gasteiger partial charge in [0.05, 0.1) is 25.9 Å². The van der Waals surface area contributed by atoms with Gasteiger partial charge in [-0.15, -0.1) is 11.3 Å². The van der Waals surface area contributed by atoms with Crippen LogP contribution >= 0.6 is 11.3 Å². The molecule has 3 aromatic rings. The van der Waals surface area contributed by atoms with Crippen LogP contribution in [-0.2, 0) is 28.1 Å². The number of imide groups is 1. The highest BCUT2D eigenvalue weighted by atomic mass is 32.1. The highest BCUT2D eigenvalue weighted by Crippen LogP contribution is 2.33. The normalized spacial score (nSPS) is 19.5. The number of urea groups is 1. The third-order valence-corrected chi connectivity index (χ3v) is 6.13. The van der Waals surface area contributed by atoms with Crippen molar-refractivity contribution in [3.05, 3.63) is 94.2 Å². The summed E-state index contributed by atoms with van der Waals surface area (Å²) in [5, 5.41) is 15.3.